The summed E-state index contributed by atoms with van der Waals surface area (Å²) in [6.07, 6.45) is 3.46. The predicted octanol–water partition coefficient (Wildman–Crippen LogP) is 2.13. The molecule has 128 valence electrons. The summed E-state index contributed by atoms with van der Waals surface area (Å²) in [5.41, 5.74) is 2.47. The van der Waals surface area contributed by atoms with Crippen LogP contribution in [-0.2, 0) is 29.9 Å². The van der Waals surface area contributed by atoms with Gasteiger partial charge in [-0.2, -0.15) is 0 Å². The topological polar surface area (TPSA) is 55.2 Å². The van der Waals surface area contributed by atoms with Gasteiger partial charge in [-0.1, -0.05) is 18.2 Å². The minimum absolute atomic E-state index is 0.161. The molecule has 6 heteroatoms. The zero-order valence-electron chi connectivity index (χ0n) is 14.0. The van der Waals surface area contributed by atoms with Crippen LogP contribution in [0.5, 0.6) is 0 Å². The molecule has 1 aliphatic carbocycles. The number of imidazole rings is 1. The van der Waals surface area contributed by atoms with E-state index in [4.69, 9.17) is 4.98 Å². The van der Waals surface area contributed by atoms with Crippen LogP contribution in [0.4, 0.5) is 0 Å². The molecule has 4 rings (SSSR count). The van der Waals surface area contributed by atoms with Crippen molar-refractivity contribution in [1.29, 1.82) is 0 Å². The first-order valence-electron chi connectivity index (χ1n) is 8.59. The molecule has 5 nitrogen and oxygen atoms in total. The van der Waals surface area contributed by atoms with E-state index in [1.807, 2.05) is 6.07 Å². The number of fused-ring (bicyclic) bond motifs is 1. The van der Waals surface area contributed by atoms with E-state index in [2.05, 4.69) is 16.5 Å². The second kappa shape index (κ2) is 6.01. The number of benzene rings is 1. The Kier molecular flexibility index (Phi) is 3.96. The summed E-state index contributed by atoms with van der Waals surface area (Å²) in [7, 11) is -1.09. The van der Waals surface area contributed by atoms with Crippen molar-refractivity contribution >= 4 is 9.84 Å². The fourth-order valence-corrected chi connectivity index (χ4v) is 4.80. The summed E-state index contributed by atoms with van der Waals surface area (Å²) in [4.78, 5) is 7.47. The van der Waals surface area contributed by atoms with Gasteiger partial charge in [0.25, 0.3) is 0 Å². The van der Waals surface area contributed by atoms with Gasteiger partial charge in [-0.05, 0) is 25.0 Å². The molecule has 0 N–H and O–H groups in total. The van der Waals surface area contributed by atoms with Crippen molar-refractivity contribution in [1.82, 2.24) is 14.5 Å². The third kappa shape index (κ3) is 3.00. The normalized spacial score (nSPS) is 18.5. The third-order valence-corrected chi connectivity index (χ3v) is 6.80. The molecule has 0 unspecified atom stereocenters. The van der Waals surface area contributed by atoms with Crippen LogP contribution in [0.25, 0.3) is 0 Å². The lowest BCUT2D eigenvalue weighted by Crippen LogP contribution is -2.34. The Morgan fingerprint density at radius 3 is 2.67 bits per heavy atom. The summed E-state index contributed by atoms with van der Waals surface area (Å²) in [6.45, 7) is 2.23. The van der Waals surface area contributed by atoms with Crippen molar-refractivity contribution in [3.05, 3.63) is 47.5 Å². The highest BCUT2D eigenvalue weighted by Gasteiger charge is 2.32. The quantitative estimate of drug-likeness (QED) is 0.833. The van der Waals surface area contributed by atoms with Crippen molar-refractivity contribution < 1.29 is 8.42 Å². The molecule has 0 atom stereocenters. The van der Waals surface area contributed by atoms with Crippen LogP contribution in [0.1, 0.15) is 36.0 Å². The van der Waals surface area contributed by atoms with Gasteiger partial charge in [-0.25, -0.2) is 13.4 Å². The van der Waals surface area contributed by atoms with Crippen LogP contribution in [0, 0.1) is 0 Å². The summed E-state index contributed by atoms with van der Waals surface area (Å²) in [6, 6.07) is 8.72. The van der Waals surface area contributed by atoms with Gasteiger partial charge in [0.05, 0.1) is 16.3 Å². The van der Waals surface area contributed by atoms with Crippen LogP contribution in [0.2, 0.25) is 0 Å². The number of aromatic nitrogens is 2. The summed E-state index contributed by atoms with van der Waals surface area (Å²) < 4.78 is 27.1. The monoisotopic (exact) mass is 345 g/mol. The molecule has 24 heavy (non-hydrogen) atoms. The van der Waals surface area contributed by atoms with Crippen LogP contribution in [0.3, 0.4) is 0 Å². The van der Waals surface area contributed by atoms with Gasteiger partial charge >= 0.3 is 0 Å². The maximum atomic E-state index is 12.4. The number of hydrogen-bond acceptors (Lipinski definition) is 4. The largest absolute Gasteiger partial charge is 0.335 e. The van der Waals surface area contributed by atoms with Gasteiger partial charge in [0.1, 0.15) is 5.82 Å². The van der Waals surface area contributed by atoms with E-state index >= 15 is 0 Å². The van der Waals surface area contributed by atoms with Crippen molar-refractivity contribution in [3.63, 3.8) is 0 Å². The number of hydrogen-bond donors (Lipinski definition) is 0. The van der Waals surface area contributed by atoms with Crippen molar-refractivity contribution in [2.45, 2.75) is 36.6 Å². The van der Waals surface area contributed by atoms with E-state index in [1.54, 1.807) is 24.3 Å². The Balaban J connectivity index is 1.43. The second-order valence-corrected chi connectivity index (χ2v) is 8.96. The zero-order valence-corrected chi connectivity index (χ0v) is 14.8. The fourth-order valence-electron chi connectivity index (χ4n) is 3.50. The first-order chi connectivity index (χ1) is 11.5. The lowest BCUT2D eigenvalue weighted by molar-refractivity contribution is 0.263. The van der Waals surface area contributed by atoms with E-state index < -0.39 is 9.84 Å². The molecule has 2 aromatic rings. The Labute approximate surface area is 143 Å². The molecule has 0 saturated heterocycles. The van der Waals surface area contributed by atoms with Crippen LogP contribution < -0.4 is 0 Å². The van der Waals surface area contributed by atoms with Crippen molar-refractivity contribution in [3.8, 4) is 0 Å². The minimum Gasteiger partial charge on any atom is -0.335 e. The Morgan fingerprint density at radius 1 is 1.21 bits per heavy atom. The van der Waals surface area contributed by atoms with E-state index in [1.165, 1.54) is 24.4 Å². The third-order valence-electron chi connectivity index (χ3n) is 5.09. The maximum absolute atomic E-state index is 12.4. The first kappa shape index (κ1) is 15.8. The molecule has 1 aliphatic heterocycles. The van der Waals surface area contributed by atoms with E-state index in [9.17, 15) is 8.42 Å². The van der Waals surface area contributed by atoms with E-state index in [-0.39, 0.29) is 5.75 Å². The van der Waals surface area contributed by atoms with Crippen molar-refractivity contribution in [2.75, 3.05) is 18.8 Å². The highest BCUT2D eigenvalue weighted by atomic mass is 32.2. The average molecular weight is 345 g/mol. The number of nitrogens with zero attached hydrogens (tertiary/aromatic N) is 3. The number of sulfone groups is 1. The molecule has 0 bridgehead atoms. The molecule has 1 aromatic heterocycles. The predicted molar refractivity (Wildman–Crippen MR) is 92.7 cm³/mol. The molecule has 2 aliphatic rings. The molecule has 1 fully saturated rings. The molecule has 1 aromatic carbocycles. The van der Waals surface area contributed by atoms with E-state index in [0.29, 0.717) is 17.4 Å². The smallest absolute Gasteiger partial charge is 0.179 e. The van der Waals surface area contributed by atoms with Crippen LogP contribution in [0.15, 0.2) is 35.2 Å². The summed E-state index contributed by atoms with van der Waals surface area (Å²) in [5.74, 6) is 2.03. The molecular weight excluding hydrogens is 322 g/mol. The summed E-state index contributed by atoms with van der Waals surface area (Å²) in [5, 5.41) is 0. The lowest BCUT2D eigenvalue weighted by Gasteiger charge is -2.26. The molecule has 1 saturated carbocycles. The van der Waals surface area contributed by atoms with Crippen LogP contribution >= 0.6 is 0 Å². The molecule has 0 radical (unpaired) electrons. The zero-order chi connectivity index (χ0) is 16.7. The molecule has 0 spiro atoms. The summed E-state index contributed by atoms with van der Waals surface area (Å²) >= 11 is 0. The Bertz CT molecular complexity index is 839. The SMILES string of the molecule is Cn1c(C2CC2)nc2c1CCN(CCS(=O)(=O)c1ccccc1)C2. The van der Waals surface area contributed by atoms with Crippen LogP contribution in [-0.4, -0.2) is 41.7 Å². The van der Waals surface area contributed by atoms with E-state index in [0.717, 1.165) is 25.2 Å². The highest BCUT2D eigenvalue weighted by Crippen LogP contribution is 2.40. The molecule has 2 heterocycles. The number of rotatable bonds is 5. The van der Waals surface area contributed by atoms with Gasteiger partial charge in [0.2, 0.25) is 0 Å². The molecular formula is C18H23N3O2S. The standard InChI is InChI=1S/C18H23N3O2S/c1-20-17-9-10-21(13-16(17)19-18(20)14-7-8-14)11-12-24(22,23)15-5-3-2-4-6-15/h2-6,14H,7-13H2,1H3. The van der Waals surface area contributed by atoms with Gasteiger partial charge in [0.15, 0.2) is 9.84 Å². The fraction of sp³-hybridized carbons (Fsp3) is 0.500. The van der Waals surface area contributed by atoms with Gasteiger partial charge in [-0.3, -0.25) is 4.90 Å². The van der Waals surface area contributed by atoms with Gasteiger partial charge < -0.3 is 4.57 Å². The van der Waals surface area contributed by atoms with Crippen molar-refractivity contribution in [2.24, 2.45) is 7.05 Å². The Hall–Kier alpha value is -1.66. The Morgan fingerprint density at radius 2 is 1.96 bits per heavy atom. The first-order valence-corrected chi connectivity index (χ1v) is 10.2. The maximum Gasteiger partial charge on any atom is 0.179 e. The highest BCUT2D eigenvalue weighted by molar-refractivity contribution is 7.91. The second-order valence-electron chi connectivity index (χ2n) is 6.85. The van der Waals surface area contributed by atoms with Gasteiger partial charge in [-0.15, -0.1) is 0 Å². The van der Waals surface area contributed by atoms with Gasteiger partial charge in [0, 0.05) is 44.7 Å². The lowest BCUT2D eigenvalue weighted by atomic mass is 10.1. The minimum atomic E-state index is -3.21. The average Bonchev–Trinajstić information content (AvgIpc) is 3.38. The molecule has 0 amide bonds.